The van der Waals surface area contributed by atoms with Crippen LogP contribution < -0.4 is 0 Å². The van der Waals surface area contributed by atoms with Crippen LogP contribution in [-0.4, -0.2) is 205 Å². The molecule has 2 aliphatic heterocycles. The van der Waals surface area contributed by atoms with Crippen LogP contribution in [0.4, 0.5) is 0 Å². The first kappa shape index (κ1) is 107. The van der Waals surface area contributed by atoms with E-state index in [-0.39, 0.29) is 25.7 Å². The lowest BCUT2D eigenvalue weighted by Crippen LogP contribution is -2.70. The van der Waals surface area contributed by atoms with Crippen molar-refractivity contribution in [2.75, 3.05) is 26.4 Å². The van der Waals surface area contributed by atoms with Gasteiger partial charge in [-0.25, -0.2) is 4.57 Å². The number of carbonyl (C=O) groups is 4. The van der Waals surface area contributed by atoms with E-state index in [1.807, 2.05) is 0 Å². The van der Waals surface area contributed by atoms with Gasteiger partial charge in [-0.1, -0.05) is 362 Å². The summed E-state index contributed by atoms with van der Waals surface area (Å²) in [6, 6.07) is 0. The molecule has 26 heteroatoms. The van der Waals surface area contributed by atoms with Crippen molar-refractivity contribution in [1.29, 1.82) is 0 Å². The smallest absolute Gasteiger partial charge is 0.463 e. The largest absolute Gasteiger partial charge is 0.472 e. The number of rotatable bonds is 76. The van der Waals surface area contributed by atoms with Crippen LogP contribution in [0.15, 0.2) is 0 Å². The van der Waals surface area contributed by atoms with E-state index in [2.05, 4.69) is 27.7 Å². The molecule has 0 amide bonds. The van der Waals surface area contributed by atoms with Gasteiger partial charge in [-0.2, -0.15) is 0 Å². The van der Waals surface area contributed by atoms with Crippen LogP contribution in [0.2, 0.25) is 0 Å². The highest BCUT2D eigenvalue weighted by Crippen LogP contribution is 2.49. The molecule has 0 aromatic heterocycles. The summed E-state index contributed by atoms with van der Waals surface area (Å²) >= 11 is 0. The molecule has 0 spiro atoms. The first-order valence-corrected chi connectivity index (χ1v) is 48.3. The van der Waals surface area contributed by atoms with Gasteiger partial charge in [0, 0.05) is 25.7 Å². The zero-order valence-corrected chi connectivity index (χ0v) is 73.0. The number of hydrogen-bond acceptors (Lipinski definition) is 24. The molecule has 0 aromatic carbocycles. The van der Waals surface area contributed by atoms with Gasteiger partial charge >= 0.3 is 31.7 Å². The monoisotopic (exact) mass is 1670 g/mol. The molecule has 2 saturated heterocycles. The molecule has 115 heavy (non-hydrogen) atoms. The Hall–Kier alpha value is -2.53. The highest BCUT2D eigenvalue weighted by molar-refractivity contribution is 7.47. The molecule has 1 aliphatic carbocycles. The van der Waals surface area contributed by atoms with Crippen LogP contribution in [0.3, 0.4) is 0 Å². The minimum Gasteiger partial charge on any atom is -0.463 e. The molecule has 18 atom stereocenters. The van der Waals surface area contributed by atoms with E-state index in [0.29, 0.717) is 32.1 Å². The lowest BCUT2D eigenvalue weighted by Gasteiger charge is -2.50. The Morgan fingerprint density at radius 2 is 0.600 bits per heavy atom. The summed E-state index contributed by atoms with van der Waals surface area (Å²) in [4.78, 5) is 66.4. The van der Waals surface area contributed by atoms with Crippen LogP contribution in [0.1, 0.15) is 413 Å². The molecule has 18 unspecified atom stereocenters. The molecule has 2 heterocycles. The van der Waals surface area contributed by atoms with Crippen molar-refractivity contribution in [3.8, 4) is 0 Å². The maximum absolute atomic E-state index is 14.9. The molecule has 678 valence electrons. The standard InChI is InChI=1S/C89H167O25P/c1-5-9-13-17-21-25-29-33-35-39-42-46-50-54-58-62-73(92)106-68-71-77(96)79(98)83(102)89(110-71)113-86-84(111-75(94)64-60-56-52-48-44-40-36-34-30-26-22-18-14-10-6-2)80(99)81(100)85(112-88-82(101)78(97)76(95)70(65-90)109-88)87(86)114-115(103,104)107-67-69(108-74(93)63-59-55-51-47-43-38-32-28-24-20-16-12-8-4)66-105-72(91)61-57-53-49-45-41-37-31-27-23-19-15-11-7-3/h69-71,76-90,95-102H,5-68H2,1-4H3,(H,103,104). The van der Waals surface area contributed by atoms with Crippen molar-refractivity contribution < 1.29 is 122 Å². The van der Waals surface area contributed by atoms with Gasteiger partial charge in [0.1, 0.15) is 92.6 Å². The van der Waals surface area contributed by atoms with E-state index < -0.39 is 162 Å². The van der Waals surface area contributed by atoms with Crippen molar-refractivity contribution in [3.63, 3.8) is 0 Å². The maximum Gasteiger partial charge on any atom is 0.472 e. The summed E-state index contributed by atoms with van der Waals surface area (Å²) in [5.41, 5.74) is 0. The SMILES string of the molecule is CCCCCCCCCCCCCCCCCC(=O)OCC1OC(OC2C(OC(=O)CCCCCCCCCCCCCCCCC)C(O)C(O)C(OC3OC(CO)C(O)C(O)C3O)C2OP(=O)(O)OCC(COC(=O)CCCCCCCCCCCCCCC)OC(=O)CCCCCCCCCCCCCCC)C(O)C(O)C1O. The number of carbonyl (C=O) groups excluding carboxylic acids is 4. The highest BCUT2D eigenvalue weighted by atomic mass is 31.2. The van der Waals surface area contributed by atoms with Crippen LogP contribution in [0.25, 0.3) is 0 Å². The highest BCUT2D eigenvalue weighted by Gasteiger charge is 2.60. The van der Waals surface area contributed by atoms with Gasteiger partial charge in [-0.3, -0.25) is 28.2 Å². The molecule has 10 N–H and O–H groups in total. The molecular formula is C89H167O25P. The van der Waals surface area contributed by atoms with Gasteiger partial charge in [-0.15, -0.1) is 0 Å². The van der Waals surface area contributed by atoms with E-state index in [1.54, 1.807) is 0 Å². The third-order valence-electron chi connectivity index (χ3n) is 23.1. The molecular weight excluding hydrogens is 1500 g/mol. The number of esters is 4. The third-order valence-corrected chi connectivity index (χ3v) is 24.1. The number of aliphatic hydroxyl groups is 9. The second kappa shape index (κ2) is 68.9. The van der Waals surface area contributed by atoms with E-state index in [1.165, 1.54) is 199 Å². The summed E-state index contributed by atoms with van der Waals surface area (Å²) in [6.45, 7) is 5.62. The fourth-order valence-corrected chi connectivity index (χ4v) is 16.6. The predicted molar refractivity (Wildman–Crippen MR) is 444 cm³/mol. The summed E-state index contributed by atoms with van der Waals surface area (Å²) in [6.07, 6.45) is 25.2. The zero-order valence-electron chi connectivity index (χ0n) is 72.1. The van der Waals surface area contributed by atoms with E-state index >= 15 is 0 Å². The Kier molecular flexibility index (Phi) is 63.9. The first-order chi connectivity index (χ1) is 55.7. The van der Waals surface area contributed by atoms with Crippen molar-refractivity contribution in [3.05, 3.63) is 0 Å². The molecule has 1 saturated carbocycles. The number of unbranched alkanes of at least 4 members (excludes halogenated alkanes) is 52. The Labute approximate surface area is 693 Å². The average Bonchev–Trinajstić information content (AvgIpc) is 0.756. The van der Waals surface area contributed by atoms with Crippen LogP contribution in [-0.2, 0) is 70.7 Å². The molecule has 3 rings (SSSR count). The second-order valence-corrected chi connectivity index (χ2v) is 35.0. The van der Waals surface area contributed by atoms with Gasteiger partial charge in [0.2, 0.25) is 0 Å². The first-order valence-electron chi connectivity index (χ1n) is 46.8. The number of hydrogen-bond donors (Lipinski definition) is 10. The molecule has 0 radical (unpaired) electrons. The molecule has 3 fully saturated rings. The van der Waals surface area contributed by atoms with Crippen molar-refractivity contribution in [1.82, 2.24) is 0 Å². The van der Waals surface area contributed by atoms with Crippen LogP contribution in [0.5, 0.6) is 0 Å². The zero-order chi connectivity index (χ0) is 84.0. The fraction of sp³-hybridized carbons (Fsp3) is 0.955. The van der Waals surface area contributed by atoms with Crippen LogP contribution in [0, 0.1) is 0 Å². The Balaban J connectivity index is 1.91. The molecule has 25 nitrogen and oxygen atoms in total. The third kappa shape index (κ3) is 49.4. The molecule has 3 aliphatic rings. The van der Waals surface area contributed by atoms with Gasteiger partial charge in [-0.05, 0) is 25.7 Å². The van der Waals surface area contributed by atoms with E-state index in [4.69, 9.17) is 46.9 Å². The van der Waals surface area contributed by atoms with Crippen molar-refractivity contribution in [2.24, 2.45) is 0 Å². The summed E-state index contributed by atoms with van der Waals surface area (Å²) < 4.78 is 73.4. The Bertz CT molecular complexity index is 2400. The minimum atomic E-state index is -5.80. The molecule has 0 aromatic rings. The Morgan fingerprint density at radius 3 is 0.948 bits per heavy atom. The number of aliphatic hydroxyl groups excluding tert-OH is 9. The fourth-order valence-electron chi connectivity index (χ4n) is 15.7. The van der Waals surface area contributed by atoms with Gasteiger partial charge in [0.05, 0.1) is 13.2 Å². The predicted octanol–water partition coefficient (Wildman–Crippen LogP) is 17.0. The van der Waals surface area contributed by atoms with Crippen molar-refractivity contribution in [2.45, 2.75) is 517 Å². The van der Waals surface area contributed by atoms with E-state index in [0.717, 1.165) is 128 Å². The normalized spacial score (nSPS) is 25.2. The quantitative estimate of drug-likeness (QED) is 0.0117. The molecule has 0 bridgehead atoms. The average molecular weight is 1670 g/mol. The van der Waals surface area contributed by atoms with Crippen molar-refractivity contribution >= 4 is 31.7 Å². The topological polar surface area (TPSA) is 380 Å². The second-order valence-electron chi connectivity index (χ2n) is 33.5. The lowest BCUT2D eigenvalue weighted by molar-refractivity contribution is -0.360. The number of phosphoric acid groups is 1. The van der Waals surface area contributed by atoms with Gasteiger partial charge in [0.25, 0.3) is 0 Å². The summed E-state index contributed by atoms with van der Waals surface area (Å²) in [7, 11) is -5.80. The van der Waals surface area contributed by atoms with Gasteiger partial charge < -0.3 is 88.7 Å². The minimum absolute atomic E-state index is 0.0203. The maximum atomic E-state index is 14.9. The van der Waals surface area contributed by atoms with E-state index in [9.17, 15) is 74.6 Å². The number of ether oxygens (including phenoxy) is 8. The van der Waals surface area contributed by atoms with Crippen LogP contribution >= 0.6 is 7.82 Å². The summed E-state index contributed by atoms with van der Waals surface area (Å²) in [5.74, 6) is -2.94. The lowest BCUT2D eigenvalue weighted by atomic mass is 9.84. The summed E-state index contributed by atoms with van der Waals surface area (Å²) in [5, 5.41) is 102. The Morgan fingerprint density at radius 1 is 0.313 bits per heavy atom. The number of phosphoric ester groups is 1. The van der Waals surface area contributed by atoms with Gasteiger partial charge in [0.15, 0.2) is 24.8 Å².